The maximum absolute atomic E-state index is 12.4. The average molecular weight is 296 g/mol. The average Bonchev–Trinajstić information content (AvgIpc) is 2.52. The molecule has 116 valence electrons. The lowest BCUT2D eigenvalue weighted by Crippen LogP contribution is -2.53. The fourth-order valence-corrected chi connectivity index (χ4v) is 2.22. The van der Waals surface area contributed by atoms with Crippen LogP contribution in [0.5, 0.6) is 0 Å². The van der Waals surface area contributed by atoms with Gasteiger partial charge >= 0.3 is 0 Å². The Morgan fingerprint density at radius 3 is 2.05 bits per heavy atom. The first-order valence-corrected chi connectivity index (χ1v) is 7.64. The molecule has 22 heavy (non-hydrogen) atoms. The van der Waals surface area contributed by atoms with Crippen LogP contribution in [0, 0.1) is 0 Å². The summed E-state index contributed by atoms with van der Waals surface area (Å²) >= 11 is 0. The highest BCUT2D eigenvalue weighted by atomic mass is 16.2. The predicted octanol–water partition coefficient (Wildman–Crippen LogP) is 3.67. The third kappa shape index (κ3) is 4.71. The van der Waals surface area contributed by atoms with Gasteiger partial charge in [0.15, 0.2) is 0 Å². The van der Waals surface area contributed by atoms with Crippen LogP contribution in [0.25, 0.3) is 0 Å². The lowest BCUT2D eigenvalue weighted by Gasteiger charge is -2.35. The van der Waals surface area contributed by atoms with Crippen molar-refractivity contribution in [2.24, 2.45) is 0 Å². The van der Waals surface area contributed by atoms with Crippen molar-refractivity contribution < 1.29 is 4.79 Å². The first kappa shape index (κ1) is 16.2. The highest BCUT2D eigenvalue weighted by molar-refractivity contribution is 5.93. The summed E-state index contributed by atoms with van der Waals surface area (Å²) < 4.78 is 0. The molecule has 0 saturated heterocycles. The zero-order valence-electron chi connectivity index (χ0n) is 13.5. The van der Waals surface area contributed by atoms with E-state index in [2.05, 4.69) is 38.3 Å². The number of carbonyl (C=O) groups is 1. The second-order valence-corrected chi connectivity index (χ2v) is 6.37. The van der Waals surface area contributed by atoms with E-state index >= 15 is 0 Å². The second-order valence-electron chi connectivity index (χ2n) is 6.37. The Balaban J connectivity index is 2.02. The second kappa shape index (κ2) is 7.23. The van der Waals surface area contributed by atoms with Crippen molar-refractivity contribution in [3.63, 3.8) is 0 Å². The van der Waals surface area contributed by atoms with Crippen molar-refractivity contribution in [3.05, 3.63) is 71.8 Å². The van der Waals surface area contributed by atoms with E-state index in [-0.39, 0.29) is 11.4 Å². The van der Waals surface area contributed by atoms with E-state index in [0.29, 0.717) is 5.56 Å². The first-order valence-electron chi connectivity index (χ1n) is 7.64. The SMILES string of the molecule is CC(C)(C)N(CCc1ccccc1)NC(=O)c1ccccc1. The van der Waals surface area contributed by atoms with Gasteiger partial charge in [0, 0.05) is 17.6 Å². The van der Waals surface area contributed by atoms with Crippen LogP contribution < -0.4 is 5.43 Å². The minimum atomic E-state index is -0.140. The largest absolute Gasteiger partial charge is 0.284 e. The Bertz CT molecular complexity index is 588. The number of rotatable bonds is 5. The summed E-state index contributed by atoms with van der Waals surface area (Å²) in [6.07, 6.45) is 0.896. The summed E-state index contributed by atoms with van der Waals surface area (Å²) in [5.41, 5.74) is 4.84. The summed E-state index contributed by atoms with van der Waals surface area (Å²) in [5.74, 6) is -0.0661. The number of hydrazine groups is 1. The molecule has 3 nitrogen and oxygen atoms in total. The van der Waals surface area contributed by atoms with Gasteiger partial charge in [-0.1, -0.05) is 48.5 Å². The maximum atomic E-state index is 12.4. The Morgan fingerprint density at radius 2 is 1.50 bits per heavy atom. The fourth-order valence-electron chi connectivity index (χ4n) is 2.22. The van der Waals surface area contributed by atoms with Gasteiger partial charge in [0.1, 0.15) is 0 Å². The van der Waals surface area contributed by atoms with Crippen LogP contribution in [0.1, 0.15) is 36.7 Å². The molecule has 0 aliphatic heterocycles. The summed E-state index contributed by atoms with van der Waals surface area (Å²) in [6.45, 7) is 7.07. The van der Waals surface area contributed by atoms with E-state index in [4.69, 9.17) is 0 Å². The molecule has 2 aromatic rings. The highest BCUT2D eigenvalue weighted by Gasteiger charge is 2.23. The molecule has 0 atom stereocenters. The summed E-state index contributed by atoms with van der Waals surface area (Å²) in [7, 11) is 0. The van der Waals surface area contributed by atoms with Crippen LogP contribution in [-0.2, 0) is 6.42 Å². The molecule has 0 heterocycles. The molecule has 0 saturated carbocycles. The monoisotopic (exact) mass is 296 g/mol. The van der Waals surface area contributed by atoms with E-state index in [0.717, 1.165) is 13.0 Å². The van der Waals surface area contributed by atoms with Gasteiger partial charge in [-0.3, -0.25) is 10.2 Å². The number of amides is 1. The summed E-state index contributed by atoms with van der Waals surface area (Å²) in [6, 6.07) is 19.6. The molecule has 0 bridgehead atoms. The minimum Gasteiger partial charge on any atom is -0.284 e. The van der Waals surface area contributed by atoms with Gasteiger partial charge in [0.2, 0.25) is 0 Å². The number of nitrogens with one attached hydrogen (secondary N) is 1. The Labute approximate surface area is 132 Å². The molecule has 0 aliphatic rings. The van der Waals surface area contributed by atoms with Crippen LogP contribution in [-0.4, -0.2) is 23.0 Å². The highest BCUT2D eigenvalue weighted by Crippen LogP contribution is 2.13. The molecule has 0 spiro atoms. The van der Waals surface area contributed by atoms with Gasteiger partial charge in [0.25, 0.3) is 5.91 Å². The molecule has 0 aromatic heterocycles. The van der Waals surface area contributed by atoms with Crippen LogP contribution in [0.3, 0.4) is 0 Å². The number of carbonyl (C=O) groups excluding carboxylic acids is 1. The van der Waals surface area contributed by atoms with Gasteiger partial charge in [-0.15, -0.1) is 0 Å². The molecular weight excluding hydrogens is 272 g/mol. The van der Waals surface area contributed by atoms with Gasteiger partial charge < -0.3 is 0 Å². The van der Waals surface area contributed by atoms with E-state index in [9.17, 15) is 4.79 Å². The molecule has 0 unspecified atom stereocenters. The molecular formula is C19H24N2O. The molecule has 2 aromatic carbocycles. The van der Waals surface area contributed by atoms with Gasteiger partial charge in [-0.05, 0) is 44.9 Å². The van der Waals surface area contributed by atoms with Crippen molar-refractivity contribution in [1.82, 2.24) is 10.4 Å². The standard InChI is InChI=1S/C19H24N2O/c1-19(2,3)21(15-14-16-10-6-4-7-11-16)20-18(22)17-12-8-5-9-13-17/h4-13H,14-15H2,1-3H3,(H,20,22). The van der Waals surface area contributed by atoms with Gasteiger partial charge in [-0.25, -0.2) is 5.01 Å². The lowest BCUT2D eigenvalue weighted by atomic mass is 10.1. The zero-order chi connectivity index (χ0) is 16.0. The van der Waals surface area contributed by atoms with Crippen LogP contribution in [0.15, 0.2) is 60.7 Å². The summed E-state index contributed by atoms with van der Waals surface area (Å²) in [4.78, 5) is 12.4. The number of hydrogen-bond acceptors (Lipinski definition) is 2. The van der Waals surface area contributed by atoms with E-state index in [1.54, 1.807) is 0 Å². The first-order chi connectivity index (χ1) is 10.5. The zero-order valence-corrected chi connectivity index (χ0v) is 13.5. The third-order valence-corrected chi connectivity index (χ3v) is 3.55. The van der Waals surface area contributed by atoms with Crippen LogP contribution >= 0.6 is 0 Å². The normalized spacial score (nSPS) is 11.5. The van der Waals surface area contributed by atoms with Crippen LogP contribution in [0.2, 0.25) is 0 Å². The number of benzene rings is 2. The van der Waals surface area contributed by atoms with Crippen molar-refractivity contribution in [3.8, 4) is 0 Å². The van der Waals surface area contributed by atoms with E-state index in [1.165, 1.54) is 5.56 Å². The van der Waals surface area contributed by atoms with E-state index in [1.807, 2.05) is 53.5 Å². The Kier molecular flexibility index (Phi) is 5.34. The van der Waals surface area contributed by atoms with Crippen molar-refractivity contribution in [2.75, 3.05) is 6.54 Å². The maximum Gasteiger partial charge on any atom is 0.265 e. The van der Waals surface area contributed by atoms with Crippen molar-refractivity contribution >= 4 is 5.91 Å². The molecule has 1 N–H and O–H groups in total. The predicted molar refractivity (Wildman–Crippen MR) is 90.5 cm³/mol. The van der Waals surface area contributed by atoms with Gasteiger partial charge in [-0.2, -0.15) is 0 Å². The Morgan fingerprint density at radius 1 is 0.955 bits per heavy atom. The minimum absolute atomic E-state index is 0.0661. The number of hydrogen-bond donors (Lipinski definition) is 1. The lowest BCUT2D eigenvalue weighted by molar-refractivity contribution is 0.0514. The summed E-state index contributed by atoms with van der Waals surface area (Å²) in [5, 5.41) is 2.01. The molecule has 1 amide bonds. The van der Waals surface area contributed by atoms with Gasteiger partial charge in [0.05, 0.1) is 0 Å². The van der Waals surface area contributed by atoms with Crippen molar-refractivity contribution in [1.29, 1.82) is 0 Å². The van der Waals surface area contributed by atoms with E-state index < -0.39 is 0 Å². The quantitative estimate of drug-likeness (QED) is 0.854. The third-order valence-electron chi connectivity index (χ3n) is 3.55. The van der Waals surface area contributed by atoms with Crippen molar-refractivity contribution in [2.45, 2.75) is 32.7 Å². The smallest absolute Gasteiger partial charge is 0.265 e. The molecule has 0 aliphatic carbocycles. The fraction of sp³-hybridized carbons (Fsp3) is 0.316. The molecule has 3 heteroatoms. The molecule has 0 fully saturated rings. The van der Waals surface area contributed by atoms with Crippen LogP contribution in [0.4, 0.5) is 0 Å². The Hall–Kier alpha value is -2.13. The molecule has 2 rings (SSSR count). The number of nitrogens with zero attached hydrogens (tertiary/aromatic N) is 1. The molecule has 0 radical (unpaired) electrons. The topological polar surface area (TPSA) is 32.3 Å².